The van der Waals surface area contributed by atoms with E-state index in [4.69, 9.17) is 5.11 Å². The molecule has 0 heterocycles. The second-order valence-corrected chi connectivity index (χ2v) is 5.62. The van der Waals surface area contributed by atoms with E-state index in [-0.39, 0.29) is 11.7 Å². The first kappa shape index (κ1) is 15.0. The largest absolute Gasteiger partial charge is 0.481 e. The lowest BCUT2D eigenvalue weighted by molar-refractivity contribution is -0.133. The summed E-state index contributed by atoms with van der Waals surface area (Å²) in [5.74, 6) is -0.199. The van der Waals surface area contributed by atoms with Gasteiger partial charge in [0.25, 0.3) is 0 Å². The van der Waals surface area contributed by atoms with Crippen LogP contribution in [0.25, 0.3) is 0 Å². The van der Waals surface area contributed by atoms with E-state index >= 15 is 0 Å². The molecule has 0 aliphatic heterocycles. The summed E-state index contributed by atoms with van der Waals surface area (Å²) in [7, 11) is 0. The summed E-state index contributed by atoms with van der Waals surface area (Å²) in [6, 6.07) is 7.57. The fourth-order valence-electron chi connectivity index (χ4n) is 1.27. The molecule has 0 radical (unpaired) electrons. The van der Waals surface area contributed by atoms with Crippen LogP contribution >= 0.6 is 27.7 Å². The van der Waals surface area contributed by atoms with Crippen molar-refractivity contribution in [3.63, 3.8) is 0 Å². The number of halogens is 1. The van der Waals surface area contributed by atoms with Gasteiger partial charge in [0.15, 0.2) is 0 Å². The van der Waals surface area contributed by atoms with Crippen molar-refractivity contribution in [2.45, 2.75) is 6.42 Å². The Hall–Kier alpha value is -1.01. The van der Waals surface area contributed by atoms with Crippen LogP contribution in [-0.2, 0) is 16.0 Å². The molecule has 6 heteroatoms. The number of amides is 1. The van der Waals surface area contributed by atoms with Crippen LogP contribution in [0.15, 0.2) is 28.7 Å². The van der Waals surface area contributed by atoms with Crippen LogP contribution in [0.1, 0.15) is 5.56 Å². The summed E-state index contributed by atoms with van der Waals surface area (Å²) in [6.07, 6.45) is 0.344. The van der Waals surface area contributed by atoms with Gasteiger partial charge in [0.1, 0.15) is 0 Å². The summed E-state index contributed by atoms with van der Waals surface area (Å²) >= 11 is 4.62. The summed E-state index contributed by atoms with van der Waals surface area (Å²) < 4.78 is 0.983. The number of benzene rings is 1. The van der Waals surface area contributed by atoms with Gasteiger partial charge < -0.3 is 10.4 Å². The van der Waals surface area contributed by atoms with Crippen LogP contribution in [0.5, 0.6) is 0 Å². The Morgan fingerprint density at radius 3 is 2.56 bits per heavy atom. The zero-order valence-corrected chi connectivity index (χ0v) is 12.1. The first-order chi connectivity index (χ1) is 8.58. The first-order valence-corrected chi connectivity index (χ1v) is 7.33. The summed E-state index contributed by atoms with van der Waals surface area (Å²) in [4.78, 5) is 21.8. The van der Waals surface area contributed by atoms with Gasteiger partial charge in [-0.1, -0.05) is 28.1 Å². The maximum absolute atomic E-state index is 11.5. The van der Waals surface area contributed by atoms with Crippen LogP contribution in [0.3, 0.4) is 0 Å². The van der Waals surface area contributed by atoms with Crippen molar-refractivity contribution in [2.75, 3.05) is 18.1 Å². The van der Waals surface area contributed by atoms with Crippen molar-refractivity contribution in [1.82, 2.24) is 5.32 Å². The maximum atomic E-state index is 11.5. The Morgan fingerprint density at radius 1 is 1.28 bits per heavy atom. The first-order valence-electron chi connectivity index (χ1n) is 5.38. The monoisotopic (exact) mass is 331 g/mol. The minimum Gasteiger partial charge on any atom is -0.481 e. The molecule has 1 aromatic carbocycles. The van der Waals surface area contributed by atoms with E-state index in [0.29, 0.717) is 18.7 Å². The third-order valence-corrected chi connectivity index (χ3v) is 3.54. The molecule has 0 atom stereocenters. The standard InChI is InChI=1S/C12H14BrNO3S/c13-10-3-1-9(2-4-10)7-11(15)14-5-6-18-8-12(16)17/h1-4H,5-8H2,(H,14,15)(H,16,17). The van der Waals surface area contributed by atoms with E-state index in [9.17, 15) is 9.59 Å². The number of hydrogen-bond donors (Lipinski definition) is 2. The average molecular weight is 332 g/mol. The molecule has 98 valence electrons. The van der Waals surface area contributed by atoms with Crippen molar-refractivity contribution in [3.8, 4) is 0 Å². The van der Waals surface area contributed by atoms with Gasteiger partial charge in [0, 0.05) is 16.8 Å². The average Bonchev–Trinajstić information content (AvgIpc) is 2.31. The highest BCUT2D eigenvalue weighted by atomic mass is 79.9. The van der Waals surface area contributed by atoms with Crippen molar-refractivity contribution in [2.24, 2.45) is 0 Å². The topological polar surface area (TPSA) is 66.4 Å². The zero-order valence-electron chi connectivity index (χ0n) is 9.69. The van der Waals surface area contributed by atoms with E-state index in [0.717, 1.165) is 10.0 Å². The minimum absolute atomic E-state index is 0.0479. The number of rotatable bonds is 7. The van der Waals surface area contributed by atoms with Gasteiger partial charge in [-0.05, 0) is 17.7 Å². The Balaban J connectivity index is 2.17. The molecule has 4 nitrogen and oxygen atoms in total. The fraction of sp³-hybridized carbons (Fsp3) is 0.333. The van der Waals surface area contributed by atoms with E-state index in [1.54, 1.807) is 0 Å². The predicted octanol–water partition coefficient (Wildman–Crippen LogP) is 1.93. The normalized spacial score (nSPS) is 10.1. The molecule has 1 rings (SSSR count). The molecule has 0 unspecified atom stereocenters. The number of carbonyl (C=O) groups is 2. The van der Waals surface area contributed by atoms with E-state index in [1.165, 1.54) is 11.8 Å². The van der Waals surface area contributed by atoms with Crippen LogP contribution in [-0.4, -0.2) is 35.0 Å². The maximum Gasteiger partial charge on any atom is 0.313 e. The predicted molar refractivity (Wildman–Crippen MR) is 75.8 cm³/mol. The lowest BCUT2D eigenvalue weighted by Gasteiger charge is -2.04. The number of hydrogen-bond acceptors (Lipinski definition) is 3. The molecule has 0 aromatic heterocycles. The highest BCUT2D eigenvalue weighted by Gasteiger charge is 2.03. The van der Waals surface area contributed by atoms with Gasteiger partial charge in [-0.15, -0.1) is 11.8 Å². The highest BCUT2D eigenvalue weighted by molar-refractivity contribution is 9.10. The van der Waals surface area contributed by atoms with E-state index < -0.39 is 5.97 Å². The van der Waals surface area contributed by atoms with E-state index in [1.807, 2.05) is 24.3 Å². The smallest absolute Gasteiger partial charge is 0.313 e. The summed E-state index contributed by atoms with van der Waals surface area (Å²) in [6.45, 7) is 0.493. The lowest BCUT2D eigenvalue weighted by Crippen LogP contribution is -2.27. The van der Waals surface area contributed by atoms with Crippen molar-refractivity contribution < 1.29 is 14.7 Å². The summed E-state index contributed by atoms with van der Waals surface area (Å²) in [5.41, 5.74) is 0.953. The quantitative estimate of drug-likeness (QED) is 0.749. The number of carbonyl (C=O) groups excluding carboxylic acids is 1. The SMILES string of the molecule is O=C(O)CSCCNC(=O)Cc1ccc(Br)cc1. The lowest BCUT2D eigenvalue weighted by atomic mass is 10.1. The van der Waals surface area contributed by atoms with Crippen LogP contribution in [0.4, 0.5) is 0 Å². The second-order valence-electron chi connectivity index (χ2n) is 3.60. The highest BCUT2D eigenvalue weighted by Crippen LogP contribution is 2.10. The van der Waals surface area contributed by atoms with Gasteiger partial charge in [0.2, 0.25) is 5.91 Å². The van der Waals surface area contributed by atoms with Crippen molar-refractivity contribution in [3.05, 3.63) is 34.3 Å². The molecule has 0 saturated heterocycles. The van der Waals surface area contributed by atoms with Crippen molar-refractivity contribution >= 4 is 39.6 Å². The Morgan fingerprint density at radius 2 is 1.94 bits per heavy atom. The number of nitrogens with one attached hydrogen (secondary N) is 1. The molecule has 2 N–H and O–H groups in total. The Bertz CT molecular complexity index is 408. The third-order valence-electron chi connectivity index (χ3n) is 2.07. The van der Waals surface area contributed by atoms with Crippen molar-refractivity contribution in [1.29, 1.82) is 0 Å². The molecule has 1 amide bonds. The zero-order chi connectivity index (χ0) is 13.4. The third kappa shape index (κ3) is 6.66. The second kappa shape index (κ2) is 8.16. The van der Waals surface area contributed by atoms with E-state index in [2.05, 4.69) is 21.2 Å². The molecular weight excluding hydrogens is 318 g/mol. The van der Waals surface area contributed by atoms with Gasteiger partial charge in [0.05, 0.1) is 12.2 Å². The Kier molecular flexibility index (Phi) is 6.82. The molecule has 0 spiro atoms. The van der Waals surface area contributed by atoms with Crippen LogP contribution < -0.4 is 5.32 Å². The van der Waals surface area contributed by atoms with Gasteiger partial charge >= 0.3 is 5.97 Å². The fourth-order valence-corrected chi connectivity index (χ4v) is 2.10. The molecule has 0 aliphatic rings. The number of thioether (sulfide) groups is 1. The van der Waals surface area contributed by atoms with Gasteiger partial charge in [-0.2, -0.15) is 0 Å². The molecule has 0 bridgehead atoms. The Labute approximate surface area is 118 Å². The van der Waals surface area contributed by atoms with Gasteiger partial charge in [-0.25, -0.2) is 0 Å². The van der Waals surface area contributed by atoms with Crippen LogP contribution in [0, 0.1) is 0 Å². The molecule has 0 fully saturated rings. The molecule has 0 saturated carbocycles. The van der Waals surface area contributed by atoms with Gasteiger partial charge in [-0.3, -0.25) is 9.59 Å². The summed E-state index contributed by atoms with van der Waals surface area (Å²) in [5, 5.41) is 11.2. The molecular formula is C12H14BrNO3S. The minimum atomic E-state index is -0.832. The number of aliphatic carboxylic acids is 1. The number of carboxylic acids is 1. The molecule has 18 heavy (non-hydrogen) atoms. The molecule has 0 aliphatic carbocycles. The molecule has 1 aromatic rings. The number of carboxylic acid groups (broad SMARTS) is 1. The van der Waals surface area contributed by atoms with Crippen LogP contribution in [0.2, 0.25) is 0 Å².